The Morgan fingerprint density at radius 3 is 2.65 bits per heavy atom. The standard InChI is InChI=1S/C18H20N2O3/c21-17(19-12-14-6-2-1-3-7-14)20-13-18(22)10-11-23-16-9-5-4-8-15(16)18/h1-9,22H,10-13H2,(H2,19,20,21). The third-order valence-corrected chi connectivity index (χ3v) is 4.00. The van der Waals surface area contributed by atoms with E-state index in [-0.39, 0.29) is 12.6 Å². The van der Waals surface area contributed by atoms with Gasteiger partial charge in [-0.2, -0.15) is 0 Å². The van der Waals surface area contributed by atoms with Crippen molar-refractivity contribution in [3.8, 4) is 5.75 Å². The van der Waals surface area contributed by atoms with Crippen molar-refractivity contribution < 1.29 is 14.6 Å². The SMILES string of the molecule is O=C(NCc1ccccc1)NCC1(O)CCOc2ccccc21. The van der Waals surface area contributed by atoms with Gasteiger partial charge in [0.2, 0.25) is 0 Å². The predicted molar refractivity (Wildman–Crippen MR) is 87.1 cm³/mol. The summed E-state index contributed by atoms with van der Waals surface area (Å²) in [5.74, 6) is 0.674. The molecule has 5 nitrogen and oxygen atoms in total. The largest absolute Gasteiger partial charge is 0.493 e. The fraction of sp³-hybridized carbons (Fsp3) is 0.278. The molecule has 23 heavy (non-hydrogen) atoms. The van der Waals surface area contributed by atoms with Gasteiger partial charge in [0.15, 0.2) is 0 Å². The van der Waals surface area contributed by atoms with Crippen LogP contribution in [0, 0.1) is 0 Å². The number of fused-ring (bicyclic) bond motifs is 1. The average molecular weight is 312 g/mol. The molecule has 3 rings (SSSR count). The highest BCUT2D eigenvalue weighted by atomic mass is 16.5. The minimum Gasteiger partial charge on any atom is -0.493 e. The summed E-state index contributed by atoms with van der Waals surface area (Å²) in [7, 11) is 0. The first-order valence-electron chi connectivity index (χ1n) is 7.68. The molecule has 0 bridgehead atoms. The number of urea groups is 1. The van der Waals surface area contributed by atoms with Crippen LogP contribution in [0.3, 0.4) is 0 Å². The Balaban J connectivity index is 1.57. The first-order chi connectivity index (χ1) is 11.2. The van der Waals surface area contributed by atoms with E-state index in [1.54, 1.807) is 0 Å². The Kier molecular flexibility index (Phi) is 4.48. The number of carbonyl (C=O) groups excluding carboxylic acids is 1. The lowest BCUT2D eigenvalue weighted by Gasteiger charge is -2.34. The summed E-state index contributed by atoms with van der Waals surface area (Å²) in [5, 5.41) is 16.4. The molecule has 1 aliphatic heterocycles. The number of benzene rings is 2. The molecular formula is C18H20N2O3. The van der Waals surface area contributed by atoms with Gasteiger partial charge in [0.25, 0.3) is 0 Å². The van der Waals surface area contributed by atoms with Crippen LogP contribution in [0.15, 0.2) is 54.6 Å². The summed E-state index contributed by atoms with van der Waals surface area (Å²) in [5.41, 5.74) is 0.645. The summed E-state index contributed by atoms with van der Waals surface area (Å²) in [6.45, 7) is 1.03. The Morgan fingerprint density at radius 2 is 1.83 bits per heavy atom. The zero-order chi connectivity index (χ0) is 16.1. The molecule has 120 valence electrons. The molecule has 2 amide bonds. The first-order valence-corrected chi connectivity index (χ1v) is 7.68. The molecular weight excluding hydrogens is 292 g/mol. The second kappa shape index (κ2) is 6.71. The van der Waals surface area contributed by atoms with E-state index in [0.717, 1.165) is 11.1 Å². The molecule has 0 aromatic heterocycles. The monoisotopic (exact) mass is 312 g/mol. The lowest BCUT2D eigenvalue weighted by atomic mass is 9.88. The summed E-state index contributed by atoms with van der Waals surface area (Å²) in [6, 6.07) is 16.8. The fourth-order valence-electron chi connectivity index (χ4n) is 2.69. The molecule has 0 radical (unpaired) electrons. The number of hydrogen-bond acceptors (Lipinski definition) is 3. The Morgan fingerprint density at radius 1 is 1.09 bits per heavy atom. The number of aliphatic hydroxyl groups is 1. The van der Waals surface area contributed by atoms with Crippen molar-refractivity contribution in [1.29, 1.82) is 0 Å². The van der Waals surface area contributed by atoms with Crippen molar-refractivity contribution in [3.05, 3.63) is 65.7 Å². The molecule has 0 spiro atoms. The molecule has 1 heterocycles. The highest BCUT2D eigenvalue weighted by Crippen LogP contribution is 2.36. The van der Waals surface area contributed by atoms with Crippen molar-refractivity contribution >= 4 is 6.03 Å². The summed E-state index contributed by atoms with van der Waals surface area (Å²) in [4.78, 5) is 11.9. The van der Waals surface area contributed by atoms with Crippen LogP contribution < -0.4 is 15.4 Å². The zero-order valence-electron chi connectivity index (χ0n) is 12.8. The quantitative estimate of drug-likeness (QED) is 0.810. The van der Waals surface area contributed by atoms with Gasteiger partial charge in [-0.15, -0.1) is 0 Å². The molecule has 1 aliphatic rings. The number of hydrogen-bond donors (Lipinski definition) is 3. The molecule has 0 fully saturated rings. The molecule has 3 N–H and O–H groups in total. The summed E-state index contributed by atoms with van der Waals surface area (Å²) >= 11 is 0. The van der Waals surface area contributed by atoms with Crippen LogP contribution in [-0.2, 0) is 12.1 Å². The van der Waals surface area contributed by atoms with Gasteiger partial charge in [-0.05, 0) is 11.6 Å². The molecule has 0 aliphatic carbocycles. The molecule has 0 saturated carbocycles. The maximum absolute atomic E-state index is 11.9. The Labute approximate surface area is 135 Å². The number of amides is 2. The number of nitrogens with one attached hydrogen (secondary N) is 2. The second-order valence-corrected chi connectivity index (χ2v) is 5.65. The minimum absolute atomic E-state index is 0.147. The van der Waals surface area contributed by atoms with Gasteiger partial charge in [-0.25, -0.2) is 4.79 Å². The van der Waals surface area contributed by atoms with Crippen LogP contribution in [0.25, 0.3) is 0 Å². The number of ether oxygens (including phenoxy) is 1. The van der Waals surface area contributed by atoms with Crippen molar-refractivity contribution in [2.75, 3.05) is 13.2 Å². The van der Waals surface area contributed by atoms with E-state index < -0.39 is 5.60 Å². The maximum Gasteiger partial charge on any atom is 0.315 e. The highest BCUT2D eigenvalue weighted by molar-refractivity contribution is 5.74. The summed E-state index contributed by atoms with van der Waals surface area (Å²) < 4.78 is 5.54. The minimum atomic E-state index is -1.10. The van der Waals surface area contributed by atoms with E-state index in [1.807, 2.05) is 54.6 Å². The van der Waals surface area contributed by atoms with E-state index in [1.165, 1.54) is 0 Å². The van der Waals surface area contributed by atoms with Gasteiger partial charge < -0.3 is 20.5 Å². The lowest BCUT2D eigenvalue weighted by molar-refractivity contribution is 0.0000632. The summed E-state index contributed by atoms with van der Waals surface area (Å²) in [6.07, 6.45) is 0.447. The third-order valence-electron chi connectivity index (χ3n) is 4.00. The molecule has 2 aromatic rings. The van der Waals surface area contributed by atoms with Gasteiger partial charge in [0.1, 0.15) is 11.4 Å². The van der Waals surface area contributed by atoms with Crippen molar-refractivity contribution in [3.63, 3.8) is 0 Å². The van der Waals surface area contributed by atoms with Gasteiger partial charge in [0.05, 0.1) is 13.2 Å². The van der Waals surface area contributed by atoms with E-state index in [4.69, 9.17) is 4.74 Å². The van der Waals surface area contributed by atoms with Gasteiger partial charge in [0, 0.05) is 18.5 Å². The van der Waals surface area contributed by atoms with Crippen LogP contribution in [0.5, 0.6) is 5.75 Å². The van der Waals surface area contributed by atoms with Crippen molar-refractivity contribution in [1.82, 2.24) is 10.6 Å². The van der Waals surface area contributed by atoms with E-state index in [0.29, 0.717) is 25.3 Å². The Bertz CT molecular complexity index is 675. The van der Waals surface area contributed by atoms with Crippen molar-refractivity contribution in [2.24, 2.45) is 0 Å². The zero-order valence-corrected chi connectivity index (χ0v) is 12.8. The van der Waals surface area contributed by atoms with Crippen LogP contribution in [-0.4, -0.2) is 24.3 Å². The van der Waals surface area contributed by atoms with Crippen LogP contribution in [0.2, 0.25) is 0 Å². The predicted octanol–water partition coefficient (Wildman–Crippen LogP) is 2.16. The molecule has 2 aromatic carbocycles. The molecule has 1 unspecified atom stereocenters. The lowest BCUT2D eigenvalue weighted by Crippen LogP contribution is -2.46. The van der Waals surface area contributed by atoms with Crippen molar-refractivity contribution in [2.45, 2.75) is 18.6 Å². The van der Waals surface area contributed by atoms with Crippen LogP contribution in [0.4, 0.5) is 4.79 Å². The van der Waals surface area contributed by atoms with E-state index in [2.05, 4.69) is 10.6 Å². The van der Waals surface area contributed by atoms with Crippen LogP contribution in [0.1, 0.15) is 17.5 Å². The van der Waals surface area contributed by atoms with E-state index in [9.17, 15) is 9.90 Å². The van der Waals surface area contributed by atoms with E-state index >= 15 is 0 Å². The normalized spacial score (nSPS) is 19.3. The fourth-order valence-corrected chi connectivity index (χ4v) is 2.69. The maximum atomic E-state index is 11.9. The Hall–Kier alpha value is -2.53. The number of carbonyl (C=O) groups is 1. The molecule has 5 heteroatoms. The second-order valence-electron chi connectivity index (χ2n) is 5.65. The number of rotatable bonds is 4. The molecule has 0 saturated heterocycles. The topological polar surface area (TPSA) is 70.6 Å². The van der Waals surface area contributed by atoms with Gasteiger partial charge >= 0.3 is 6.03 Å². The third kappa shape index (κ3) is 3.63. The van der Waals surface area contributed by atoms with Crippen LogP contribution >= 0.6 is 0 Å². The van der Waals surface area contributed by atoms with Gasteiger partial charge in [-0.1, -0.05) is 48.5 Å². The first kappa shape index (κ1) is 15.4. The molecule has 1 atom stereocenters. The average Bonchev–Trinajstić information content (AvgIpc) is 2.60. The van der Waals surface area contributed by atoms with Gasteiger partial charge in [-0.3, -0.25) is 0 Å². The highest BCUT2D eigenvalue weighted by Gasteiger charge is 2.35. The number of para-hydroxylation sites is 1. The smallest absolute Gasteiger partial charge is 0.315 e.